The summed E-state index contributed by atoms with van der Waals surface area (Å²) in [7, 11) is 0. The fourth-order valence-electron chi connectivity index (χ4n) is 1.63. The lowest BCUT2D eigenvalue weighted by Crippen LogP contribution is -2.05. The van der Waals surface area contributed by atoms with Gasteiger partial charge in [0.2, 0.25) is 0 Å². The summed E-state index contributed by atoms with van der Waals surface area (Å²) >= 11 is 0. The molecule has 0 bridgehead atoms. The molecule has 94 valence electrons. The van der Waals surface area contributed by atoms with Gasteiger partial charge in [-0.3, -0.25) is 9.97 Å². The van der Waals surface area contributed by atoms with E-state index in [0.717, 1.165) is 17.8 Å². The Morgan fingerprint density at radius 3 is 2.89 bits per heavy atom. The van der Waals surface area contributed by atoms with Crippen LogP contribution in [-0.2, 0) is 13.0 Å². The molecule has 18 heavy (non-hydrogen) atoms. The molecule has 2 aromatic heterocycles. The van der Waals surface area contributed by atoms with Gasteiger partial charge in [0.25, 0.3) is 0 Å². The Morgan fingerprint density at radius 2 is 2.17 bits per heavy atom. The van der Waals surface area contributed by atoms with Gasteiger partial charge in [-0.2, -0.15) is 0 Å². The third-order valence-electron chi connectivity index (χ3n) is 2.59. The lowest BCUT2D eigenvalue weighted by atomic mass is 10.2. The van der Waals surface area contributed by atoms with Crippen molar-refractivity contribution < 1.29 is 9.84 Å². The molecule has 1 N–H and O–H groups in total. The van der Waals surface area contributed by atoms with E-state index < -0.39 is 0 Å². The quantitative estimate of drug-likeness (QED) is 0.872. The molecule has 0 fully saturated rings. The molecule has 2 aromatic rings. The van der Waals surface area contributed by atoms with Crippen molar-refractivity contribution in [1.82, 2.24) is 9.97 Å². The highest BCUT2D eigenvalue weighted by Crippen LogP contribution is 2.18. The van der Waals surface area contributed by atoms with Crippen LogP contribution in [0.4, 0.5) is 0 Å². The summed E-state index contributed by atoms with van der Waals surface area (Å²) in [6, 6.07) is 7.65. The topological polar surface area (TPSA) is 55.2 Å². The number of rotatable bonds is 5. The SMILES string of the molecule is Cc1cc(OCCc2ccccn2)c(CO)cn1. The second-order valence-electron chi connectivity index (χ2n) is 4.01. The van der Waals surface area contributed by atoms with E-state index in [2.05, 4.69) is 9.97 Å². The fraction of sp³-hybridized carbons (Fsp3) is 0.286. The summed E-state index contributed by atoms with van der Waals surface area (Å²) < 4.78 is 5.67. The van der Waals surface area contributed by atoms with Crippen LogP contribution >= 0.6 is 0 Å². The molecule has 0 aliphatic rings. The molecule has 0 aliphatic heterocycles. The zero-order chi connectivity index (χ0) is 12.8. The van der Waals surface area contributed by atoms with E-state index >= 15 is 0 Å². The second kappa shape index (κ2) is 6.12. The number of ether oxygens (including phenoxy) is 1. The molecule has 0 radical (unpaired) electrons. The second-order valence-corrected chi connectivity index (χ2v) is 4.01. The average Bonchev–Trinajstić information content (AvgIpc) is 2.40. The predicted octanol–water partition coefficient (Wildman–Crippen LogP) is 1.90. The highest BCUT2D eigenvalue weighted by Gasteiger charge is 2.04. The van der Waals surface area contributed by atoms with Crippen LogP contribution in [0.25, 0.3) is 0 Å². The molecule has 2 rings (SSSR count). The molecule has 0 aromatic carbocycles. The number of hydrogen-bond acceptors (Lipinski definition) is 4. The summed E-state index contributed by atoms with van der Waals surface area (Å²) in [6.45, 7) is 2.37. The Balaban J connectivity index is 1.96. The first-order chi connectivity index (χ1) is 8.79. The van der Waals surface area contributed by atoms with Crippen molar-refractivity contribution in [2.45, 2.75) is 20.0 Å². The average molecular weight is 244 g/mol. The third-order valence-corrected chi connectivity index (χ3v) is 2.59. The van der Waals surface area contributed by atoms with E-state index in [4.69, 9.17) is 4.74 Å². The highest BCUT2D eigenvalue weighted by molar-refractivity contribution is 5.32. The molecule has 0 amide bonds. The summed E-state index contributed by atoms with van der Waals surface area (Å²) in [5, 5.41) is 9.19. The van der Waals surface area contributed by atoms with Crippen LogP contribution in [0.3, 0.4) is 0 Å². The van der Waals surface area contributed by atoms with E-state index in [-0.39, 0.29) is 6.61 Å². The van der Waals surface area contributed by atoms with Crippen molar-refractivity contribution in [2.24, 2.45) is 0 Å². The van der Waals surface area contributed by atoms with Crippen LogP contribution in [0.5, 0.6) is 5.75 Å². The molecular formula is C14H16N2O2. The summed E-state index contributed by atoms with van der Waals surface area (Å²) in [6.07, 6.45) is 4.16. The first kappa shape index (κ1) is 12.5. The zero-order valence-electron chi connectivity index (χ0n) is 10.3. The lowest BCUT2D eigenvalue weighted by molar-refractivity contribution is 0.262. The first-order valence-corrected chi connectivity index (χ1v) is 5.88. The Hall–Kier alpha value is -1.94. The van der Waals surface area contributed by atoms with Gasteiger partial charge >= 0.3 is 0 Å². The number of pyridine rings is 2. The molecular weight excluding hydrogens is 228 g/mol. The maximum Gasteiger partial charge on any atom is 0.128 e. The maximum absolute atomic E-state index is 9.19. The molecule has 2 heterocycles. The number of aliphatic hydroxyl groups is 1. The summed E-state index contributed by atoms with van der Waals surface area (Å²) in [4.78, 5) is 8.35. The van der Waals surface area contributed by atoms with Crippen molar-refractivity contribution in [3.8, 4) is 5.75 Å². The van der Waals surface area contributed by atoms with Gasteiger partial charge in [-0.25, -0.2) is 0 Å². The Labute approximate surface area is 106 Å². The van der Waals surface area contributed by atoms with Crippen molar-refractivity contribution >= 4 is 0 Å². The van der Waals surface area contributed by atoms with Crippen LogP contribution in [-0.4, -0.2) is 21.7 Å². The summed E-state index contributed by atoms with van der Waals surface area (Å²) in [5.74, 6) is 0.695. The zero-order valence-corrected chi connectivity index (χ0v) is 10.3. The van der Waals surface area contributed by atoms with Gasteiger partial charge in [0.05, 0.1) is 13.2 Å². The first-order valence-electron chi connectivity index (χ1n) is 5.88. The minimum Gasteiger partial charge on any atom is -0.493 e. The smallest absolute Gasteiger partial charge is 0.128 e. The third kappa shape index (κ3) is 3.28. The van der Waals surface area contributed by atoms with Gasteiger partial charge in [0.15, 0.2) is 0 Å². The monoisotopic (exact) mass is 244 g/mol. The van der Waals surface area contributed by atoms with E-state index in [0.29, 0.717) is 17.9 Å². The fourth-order valence-corrected chi connectivity index (χ4v) is 1.63. The summed E-state index contributed by atoms with van der Waals surface area (Å²) in [5.41, 5.74) is 2.58. The molecule has 4 heteroatoms. The lowest BCUT2D eigenvalue weighted by Gasteiger charge is -2.10. The Kier molecular flexibility index (Phi) is 4.25. The van der Waals surface area contributed by atoms with Crippen molar-refractivity contribution in [3.63, 3.8) is 0 Å². The van der Waals surface area contributed by atoms with Crippen LogP contribution < -0.4 is 4.74 Å². The van der Waals surface area contributed by atoms with Gasteiger partial charge in [-0.05, 0) is 19.1 Å². The minimum atomic E-state index is -0.0633. The number of aryl methyl sites for hydroxylation is 1. The van der Waals surface area contributed by atoms with Gasteiger partial charge in [0, 0.05) is 41.8 Å². The minimum absolute atomic E-state index is 0.0633. The maximum atomic E-state index is 9.19. The van der Waals surface area contributed by atoms with Crippen molar-refractivity contribution in [1.29, 1.82) is 0 Å². The van der Waals surface area contributed by atoms with E-state index in [1.54, 1.807) is 12.4 Å². The van der Waals surface area contributed by atoms with Crippen LogP contribution in [0.2, 0.25) is 0 Å². The molecule has 4 nitrogen and oxygen atoms in total. The predicted molar refractivity (Wildman–Crippen MR) is 68.3 cm³/mol. The molecule has 0 atom stereocenters. The van der Waals surface area contributed by atoms with Crippen LogP contribution in [0.1, 0.15) is 17.0 Å². The normalized spacial score (nSPS) is 10.3. The molecule has 0 unspecified atom stereocenters. The number of aromatic nitrogens is 2. The highest BCUT2D eigenvalue weighted by atomic mass is 16.5. The number of aliphatic hydroxyl groups excluding tert-OH is 1. The largest absolute Gasteiger partial charge is 0.493 e. The van der Waals surface area contributed by atoms with Crippen LogP contribution in [0, 0.1) is 6.92 Å². The van der Waals surface area contributed by atoms with Gasteiger partial charge < -0.3 is 9.84 Å². The van der Waals surface area contributed by atoms with Crippen molar-refractivity contribution in [3.05, 3.63) is 53.6 Å². The van der Waals surface area contributed by atoms with Gasteiger partial charge in [-0.15, -0.1) is 0 Å². The molecule has 0 saturated carbocycles. The van der Waals surface area contributed by atoms with Crippen LogP contribution in [0.15, 0.2) is 36.7 Å². The standard InChI is InChI=1S/C14H16N2O2/c1-11-8-14(12(10-17)9-16-11)18-7-5-13-4-2-3-6-15-13/h2-4,6,8-9,17H,5,7,10H2,1H3. The molecule has 0 saturated heterocycles. The Morgan fingerprint density at radius 1 is 1.28 bits per heavy atom. The Bertz CT molecular complexity index is 500. The number of hydrogen-bond donors (Lipinski definition) is 1. The van der Waals surface area contributed by atoms with E-state index in [9.17, 15) is 5.11 Å². The van der Waals surface area contributed by atoms with Crippen molar-refractivity contribution in [2.75, 3.05) is 6.61 Å². The van der Waals surface area contributed by atoms with Gasteiger partial charge in [-0.1, -0.05) is 6.07 Å². The number of nitrogens with zero attached hydrogens (tertiary/aromatic N) is 2. The van der Waals surface area contributed by atoms with E-state index in [1.807, 2.05) is 31.2 Å². The molecule has 0 spiro atoms. The van der Waals surface area contributed by atoms with Gasteiger partial charge in [0.1, 0.15) is 5.75 Å². The molecule has 0 aliphatic carbocycles. The van der Waals surface area contributed by atoms with E-state index in [1.165, 1.54) is 0 Å².